The van der Waals surface area contributed by atoms with Gasteiger partial charge in [0.15, 0.2) is 0 Å². The highest BCUT2D eigenvalue weighted by Crippen LogP contribution is 2.22. The average Bonchev–Trinajstić information content (AvgIpc) is 2.81. The number of nitrogens with zero attached hydrogens (tertiary/aromatic N) is 3. The zero-order valence-corrected chi connectivity index (χ0v) is 12.4. The van der Waals surface area contributed by atoms with E-state index in [0.29, 0.717) is 12.0 Å². The van der Waals surface area contributed by atoms with Gasteiger partial charge in [0.1, 0.15) is 0 Å². The lowest BCUT2D eigenvalue weighted by Gasteiger charge is -2.33. The maximum Gasteiger partial charge on any atom is 0.0764 e. The molecular weight excluding hydrogens is 246 g/mol. The van der Waals surface area contributed by atoms with Crippen molar-refractivity contribution in [3.63, 3.8) is 0 Å². The van der Waals surface area contributed by atoms with Crippen LogP contribution < -0.4 is 0 Å². The van der Waals surface area contributed by atoms with E-state index in [1.165, 1.54) is 6.42 Å². The highest BCUT2D eigenvalue weighted by molar-refractivity contribution is 6.21. The Hall–Kier alpha value is -0.540. The Bertz CT molecular complexity index is 377. The van der Waals surface area contributed by atoms with Crippen LogP contribution in [0.25, 0.3) is 0 Å². The molecule has 3 nitrogen and oxygen atoms in total. The highest BCUT2D eigenvalue weighted by atomic mass is 35.5. The van der Waals surface area contributed by atoms with Crippen molar-refractivity contribution in [2.75, 3.05) is 13.1 Å². The van der Waals surface area contributed by atoms with Gasteiger partial charge in [-0.3, -0.25) is 9.58 Å². The lowest BCUT2D eigenvalue weighted by molar-refractivity contribution is 0.187. The summed E-state index contributed by atoms with van der Waals surface area (Å²) in [5, 5.41) is 4.94. The first kappa shape index (κ1) is 13.9. The van der Waals surface area contributed by atoms with E-state index in [1.54, 1.807) is 0 Å². The van der Waals surface area contributed by atoms with Crippen molar-refractivity contribution >= 4 is 11.6 Å². The minimum Gasteiger partial charge on any atom is -0.296 e. The van der Waals surface area contributed by atoms with E-state index in [2.05, 4.69) is 47.7 Å². The third-order valence-corrected chi connectivity index (χ3v) is 4.61. The highest BCUT2D eigenvalue weighted by Gasteiger charge is 2.24. The molecule has 0 aromatic carbocycles. The number of hydrogen-bond donors (Lipinski definition) is 0. The third kappa shape index (κ3) is 3.27. The second-order valence-corrected chi connectivity index (χ2v) is 6.12. The van der Waals surface area contributed by atoms with Crippen LogP contribution in [0.5, 0.6) is 0 Å². The molecule has 3 unspecified atom stereocenters. The van der Waals surface area contributed by atoms with Gasteiger partial charge >= 0.3 is 0 Å². The van der Waals surface area contributed by atoms with E-state index in [1.807, 2.05) is 0 Å². The average molecular weight is 270 g/mol. The molecule has 1 fully saturated rings. The molecule has 2 rings (SSSR count). The summed E-state index contributed by atoms with van der Waals surface area (Å²) in [4.78, 5) is 2.42. The van der Waals surface area contributed by atoms with Gasteiger partial charge in [-0.15, -0.1) is 11.6 Å². The van der Waals surface area contributed by atoms with Crippen LogP contribution in [-0.4, -0.2) is 33.1 Å². The lowest BCUT2D eigenvalue weighted by atomic mass is 9.98. The minimum absolute atomic E-state index is 0.287. The van der Waals surface area contributed by atoms with Crippen LogP contribution >= 0.6 is 11.6 Å². The molecule has 4 heteroatoms. The zero-order chi connectivity index (χ0) is 13.1. The summed E-state index contributed by atoms with van der Waals surface area (Å²) in [6.07, 6.45) is 4.40. The minimum atomic E-state index is 0.287. The monoisotopic (exact) mass is 269 g/mol. The zero-order valence-electron chi connectivity index (χ0n) is 11.6. The molecule has 0 saturated carbocycles. The predicted octanol–water partition coefficient (Wildman–Crippen LogP) is 3.30. The summed E-state index contributed by atoms with van der Waals surface area (Å²) in [6, 6.07) is 2.62. The molecule has 0 aliphatic carbocycles. The number of aromatic nitrogens is 2. The molecule has 1 saturated heterocycles. The number of piperidine rings is 1. The van der Waals surface area contributed by atoms with Crippen LogP contribution in [0.1, 0.15) is 45.3 Å². The molecule has 1 aliphatic heterocycles. The van der Waals surface area contributed by atoms with E-state index in [0.717, 1.165) is 31.7 Å². The third-order valence-electron chi connectivity index (χ3n) is 4.04. The van der Waals surface area contributed by atoms with Gasteiger partial charge in [-0.2, -0.15) is 5.10 Å². The summed E-state index contributed by atoms with van der Waals surface area (Å²) >= 11 is 6.34. The molecule has 1 aromatic heterocycles. The van der Waals surface area contributed by atoms with E-state index in [4.69, 9.17) is 11.6 Å². The van der Waals surface area contributed by atoms with Crippen molar-refractivity contribution in [1.29, 1.82) is 0 Å². The van der Waals surface area contributed by atoms with E-state index >= 15 is 0 Å². The second kappa shape index (κ2) is 6.07. The van der Waals surface area contributed by atoms with Gasteiger partial charge in [-0.05, 0) is 38.3 Å². The molecule has 0 radical (unpaired) electrons. The van der Waals surface area contributed by atoms with Crippen molar-refractivity contribution < 1.29 is 0 Å². The van der Waals surface area contributed by atoms with Crippen molar-refractivity contribution in [1.82, 2.24) is 14.7 Å². The fourth-order valence-corrected chi connectivity index (χ4v) is 2.67. The van der Waals surface area contributed by atoms with Crippen molar-refractivity contribution in [2.24, 2.45) is 5.92 Å². The maximum atomic E-state index is 6.34. The molecule has 18 heavy (non-hydrogen) atoms. The molecular formula is C14H24ClN3. The molecule has 1 aromatic rings. The van der Waals surface area contributed by atoms with Gasteiger partial charge in [0, 0.05) is 30.7 Å². The molecule has 0 spiro atoms. The van der Waals surface area contributed by atoms with E-state index in [-0.39, 0.29) is 5.38 Å². The smallest absolute Gasteiger partial charge is 0.0764 e. The first-order valence-corrected chi connectivity index (χ1v) is 7.44. The molecule has 102 valence electrons. The molecule has 0 bridgehead atoms. The van der Waals surface area contributed by atoms with Crippen LogP contribution in [0.2, 0.25) is 0 Å². The predicted molar refractivity (Wildman–Crippen MR) is 75.9 cm³/mol. The topological polar surface area (TPSA) is 21.1 Å². The van der Waals surface area contributed by atoms with Gasteiger partial charge in [-0.1, -0.05) is 13.8 Å². The van der Waals surface area contributed by atoms with Crippen molar-refractivity contribution in [3.05, 3.63) is 18.0 Å². The number of likely N-dealkylation sites (tertiary alicyclic amines) is 1. The molecule has 2 heterocycles. The summed E-state index contributed by atoms with van der Waals surface area (Å²) in [5.41, 5.74) is 1.16. The van der Waals surface area contributed by atoms with Crippen molar-refractivity contribution in [2.45, 2.75) is 51.6 Å². The fourth-order valence-electron chi connectivity index (χ4n) is 2.35. The SMILES string of the molecule is CCC(C)n1ccc(CN2CCC(C)C(Cl)C2)n1. The number of hydrogen-bond acceptors (Lipinski definition) is 2. The normalized spacial score (nSPS) is 27.3. The number of rotatable bonds is 4. The Morgan fingerprint density at radius 3 is 3.00 bits per heavy atom. The van der Waals surface area contributed by atoms with Gasteiger partial charge in [-0.25, -0.2) is 0 Å². The Kier molecular flexibility index (Phi) is 4.68. The molecule has 0 N–H and O–H groups in total. The van der Waals surface area contributed by atoms with Gasteiger partial charge in [0.05, 0.1) is 5.69 Å². The van der Waals surface area contributed by atoms with E-state index < -0.39 is 0 Å². The number of halogens is 1. The largest absolute Gasteiger partial charge is 0.296 e. The van der Waals surface area contributed by atoms with Gasteiger partial charge < -0.3 is 0 Å². The molecule has 1 aliphatic rings. The maximum absolute atomic E-state index is 6.34. The first-order valence-electron chi connectivity index (χ1n) is 7.00. The fraction of sp³-hybridized carbons (Fsp3) is 0.786. The van der Waals surface area contributed by atoms with Crippen LogP contribution in [-0.2, 0) is 6.54 Å². The van der Waals surface area contributed by atoms with Crippen LogP contribution in [0.4, 0.5) is 0 Å². The Morgan fingerprint density at radius 1 is 1.56 bits per heavy atom. The first-order chi connectivity index (χ1) is 8.60. The summed E-state index contributed by atoms with van der Waals surface area (Å²) < 4.78 is 2.07. The summed E-state index contributed by atoms with van der Waals surface area (Å²) in [6.45, 7) is 9.69. The molecule has 3 atom stereocenters. The summed E-state index contributed by atoms with van der Waals surface area (Å²) in [5.74, 6) is 0.639. The Balaban J connectivity index is 1.91. The standard InChI is InChI=1S/C14H24ClN3/c1-4-12(3)18-8-6-13(16-18)9-17-7-5-11(2)14(15)10-17/h6,8,11-12,14H,4-5,7,9-10H2,1-3H3. The van der Waals surface area contributed by atoms with Crippen LogP contribution in [0.3, 0.4) is 0 Å². The Labute approximate surface area is 115 Å². The second-order valence-electron chi connectivity index (χ2n) is 5.56. The Morgan fingerprint density at radius 2 is 2.33 bits per heavy atom. The van der Waals surface area contributed by atoms with Crippen LogP contribution in [0.15, 0.2) is 12.3 Å². The quantitative estimate of drug-likeness (QED) is 0.782. The van der Waals surface area contributed by atoms with Crippen molar-refractivity contribution in [3.8, 4) is 0 Å². The molecule has 0 amide bonds. The van der Waals surface area contributed by atoms with Gasteiger partial charge in [0.25, 0.3) is 0 Å². The van der Waals surface area contributed by atoms with E-state index in [9.17, 15) is 0 Å². The summed E-state index contributed by atoms with van der Waals surface area (Å²) in [7, 11) is 0. The van der Waals surface area contributed by atoms with Gasteiger partial charge in [0.2, 0.25) is 0 Å². The number of alkyl halides is 1. The van der Waals surface area contributed by atoms with Crippen LogP contribution in [0, 0.1) is 5.92 Å². The lowest BCUT2D eigenvalue weighted by Crippen LogP contribution is -2.39.